The molecule has 0 aromatic heterocycles. The van der Waals surface area contributed by atoms with Crippen LogP contribution in [-0.4, -0.2) is 47.4 Å². The van der Waals surface area contributed by atoms with E-state index in [1.807, 2.05) is 0 Å². The second kappa shape index (κ2) is 3.84. The second-order valence-corrected chi connectivity index (χ2v) is 4.21. The monoisotopic (exact) mass is 202 g/mol. The molecule has 0 aromatic rings. The van der Waals surface area contributed by atoms with Gasteiger partial charge in [0, 0.05) is 25.7 Å². The fourth-order valence-electron chi connectivity index (χ4n) is 2.37. The Labute approximate surface area is 83.6 Å². The van der Waals surface area contributed by atoms with E-state index >= 15 is 0 Å². The molecule has 0 aliphatic carbocycles. The lowest BCUT2D eigenvalue weighted by Gasteiger charge is -2.23. The highest BCUT2D eigenvalue weighted by atomic mass is 35.5. The average molecular weight is 203 g/mol. The number of rotatable bonds is 0. The molecule has 2 fully saturated rings. The Kier molecular flexibility index (Phi) is 2.74. The molecular formula is C9H15ClN2O. The first kappa shape index (κ1) is 9.28. The lowest BCUT2D eigenvalue weighted by Crippen LogP contribution is -2.37. The number of nitrogens with zero attached hydrogens (tertiary/aromatic N) is 2. The maximum absolute atomic E-state index is 11.0. The van der Waals surface area contributed by atoms with Gasteiger partial charge >= 0.3 is 5.37 Å². The van der Waals surface area contributed by atoms with Crippen LogP contribution >= 0.6 is 11.6 Å². The summed E-state index contributed by atoms with van der Waals surface area (Å²) < 4.78 is 0. The van der Waals surface area contributed by atoms with Gasteiger partial charge in [0.2, 0.25) is 0 Å². The Morgan fingerprint density at radius 1 is 1.23 bits per heavy atom. The SMILES string of the molecule is O=C(Cl)N1CCCN2CCCC2C1. The van der Waals surface area contributed by atoms with E-state index in [1.54, 1.807) is 4.90 Å². The highest BCUT2D eigenvalue weighted by Crippen LogP contribution is 2.21. The van der Waals surface area contributed by atoms with Crippen LogP contribution in [0.5, 0.6) is 0 Å². The molecule has 2 aliphatic heterocycles. The topological polar surface area (TPSA) is 23.6 Å². The molecule has 3 nitrogen and oxygen atoms in total. The summed E-state index contributed by atoms with van der Waals surface area (Å²) in [4.78, 5) is 15.3. The van der Waals surface area contributed by atoms with Gasteiger partial charge in [0.25, 0.3) is 0 Å². The summed E-state index contributed by atoms with van der Waals surface area (Å²) in [6.45, 7) is 4.00. The fourth-order valence-corrected chi connectivity index (χ4v) is 2.52. The molecule has 74 valence electrons. The number of halogens is 1. The van der Waals surface area contributed by atoms with Crippen LogP contribution in [0.3, 0.4) is 0 Å². The molecule has 0 bridgehead atoms. The van der Waals surface area contributed by atoms with E-state index in [0.29, 0.717) is 6.04 Å². The van der Waals surface area contributed by atoms with Gasteiger partial charge in [-0.2, -0.15) is 0 Å². The first-order valence-electron chi connectivity index (χ1n) is 4.96. The van der Waals surface area contributed by atoms with Crippen molar-refractivity contribution in [2.75, 3.05) is 26.2 Å². The third kappa shape index (κ3) is 1.97. The number of fused-ring (bicyclic) bond motifs is 1. The van der Waals surface area contributed by atoms with Crippen LogP contribution in [0, 0.1) is 0 Å². The van der Waals surface area contributed by atoms with E-state index in [1.165, 1.54) is 19.4 Å². The van der Waals surface area contributed by atoms with E-state index in [0.717, 1.165) is 26.1 Å². The Morgan fingerprint density at radius 2 is 2.00 bits per heavy atom. The van der Waals surface area contributed by atoms with Crippen LogP contribution in [0.4, 0.5) is 4.79 Å². The zero-order chi connectivity index (χ0) is 9.26. The van der Waals surface area contributed by atoms with Gasteiger partial charge in [-0.25, -0.2) is 0 Å². The molecule has 4 heteroatoms. The van der Waals surface area contributed by atoms with Gasteiger partial charge in [0.05, 0.1) is 0 Å². The van der Waals surface area contributed by atoms with Crippen molar-refractivity contribution in [3.63, 3.8) is 0 Å². The number of carbonyl (C=O) groups is 1. The van der Waals surface area contributed by atoms with Gasteiger partial charge in [-0.3, -0.25) is 9.69 Å². The third-order valence-electron chi connectivity index (χ3n) is 3.05. The summed E-state index contributed by atoms with van der Waals surface area (Å²) in [5, 5.41) is -0.284. The minimum atomic E-state index is -0.284. The lowest BCUT2D eigenvalue weighted by molar-refractivity contribution is 0.209. The summed E-state index contributed by atoms with van der Waals surface area (Å²) in [6.07, 6.45) is 3.56. The van der Waals surface area contributed by atoms with E-state index in [2.05, 4.69) is 4.90 Å². The Hall–Kier alpha value is -0.280. The molecule has 0 spiro atoms. The molecule has 0 N–H and O–H groups in total. The van der Waals surface area contributed by atoms with Crippen LogP contribution in [0.25, 0.3) is 0 Å². The smallest absolute Gasteiger partial charge is 0.316 e. The van der Waals surface area contributed by atoms with E-state index in [4.69, 9.17) is 11.6 Å². The first-order valence-corrected chi connectivity index (χ1v) is 5.33. The summed E-state index contributed by atoms with van der Waals surface area (Å²) in [5.41, 5.74) is 0. The van der Waals surface area contributed by atoms with Crippen molar-refractivity contribution in [3.8, 4) is 0 Å². The zero-order valence-electron chi connectivity index (χ0n) is 7.71. The maximum Gasteiger partial charge on any atom is 0.316 e. The molecule has 1 atom stereocenters. The summed E-state index contributed by atoms with van der Waals surface area (Å²) >= 11 is 5.49. The minimum Gasteiger partial charge on any atom is -0.328 e. The lowest BCUT2D eigenvalue weighted by atomic mass is 10.2. The predicted molar refractivity (Wildman–Crippen MR) is 52.0 cm³/mol. The van der Waals surface area contributed by atoms with Crippen LogP contribution in [0.1, 0.15) is 19.3 Å². The van der Waals surface area contributed by atoms with Crippen molar-refractivity contribution in [1.82, 2.24) is 9.80 Å². The van der Waals surface area contributed by atoms with Crippen LogP contribution in [-0.2, 0) is 0 Å². The van der Waals surface area contributed by atoms with Gasteiger partial charge < -0.3 is 4.90 Å². The van der Waals surface area contributed by atoms with Crippen molar-refractivity contribution in [2.45, 2.75) is 25.3 Å². The molecule has 2 rings (SSSR count). The molecule has 2 aliphatic rings. The fraction of sp³-hybridized carbons (Fsp3) is 0.889. The van der Waals surface area contributed by atoms with Crippen molar-refractivity contribution >= 4 is 17.0 Å². The maximum atomic E-state index is 11.0. The minimum absolute atomic E-state index is 0.284. The second-order valence-electron chi connectivity index (χ2n) is 3.88. The van der Waals surface area contributed by atoms with Gasteiger partial charge in [-0.15, -0.1) is 0 Å². The number of hydrogen-bond donors (Lipinski definition) is 0. The van der Waals surface area contributed by atoms with E-state index < -0.39 is 0 Å². The summed E-state index contributed by atoms with van der Waals surface area (Å²) in [7, 11) is 0. The van der Waals surface area contributed by atoms with Crippen molar-refractivity contribution in [3.05, 3.63) is 0 Å². The molecular weight excluding hydrogens is 188 g/mol. The molecule has 2 heterocycles. The van der Waals surface area contributed by atoms with Gasteiger partial charge in [0.1, 0.15) is 0 Å². The Balaban J connectivity index is 2.00. The normalized spacial score (nSPS) is 29.9. The molecule has 1 unspecified atom stereocenters. The van der Waals surface area contributed by atoms with Gasteiger partial charge in [-0.05, 0) is 37.4 Å². The Morgan fingerprint density at radius 3 is 2.77 bits per heavy atom. The highest BCUT2D eigenvalue weighted by Gasteiger charge is 2.29. The quantitative estimate of drug-likeness (QED) is 0.439. The molecule has 0 aromatic carbocycles. The van der Waals surface area contributed by atoms with Crippen LogP contribution < -0.4 is 0 Å². The number of hydrogen-bond acceptors (Lipinski definition) is 2. The largest absolute Gasteiger partial charge is 0.328 e. The van der Waals surface area contributed by atoms with Gasteiger partial charge in [-0.1, -0.05) is 0 Å². The van der Waals surface area contributed by atoms with E-state index in [9.17, 15) is 4.79 Å². The molecule has 1 amide bonds. The Bertz CT molecular complexity index is 210. The number of amides is 1. The van der Waals surface area contributed by atoms with Crippen molar-refractivity contribution < 1.29 is 4.79 Å². The predicted octanol–water partition coefficient (Wildman–Crippen LogP) is 1.52. The third-order valence-corrected chi connectivity index (χ3v) is 3.29. The average Bonchev–Trinajstić information content (AvgIpc) is 2.42. The van der Waals surface area contributed by atoms with Crippen LogP contribution in [0.2, 0.25) is 0 Å². The summed E-state index contributed by atoms with van der Waals surface area (Å²) in [5.74, 6) is 0. The van der Waals surface area contributed by atoms with Crippen molar-refractivity contribution in [1.29, 1.82) is 0 Å². The van der Waals surface area contributed by atoms with E-state index in [-0.39, 0.29) is 5.37 Å². The first-order chi connectivity index (χ1) is 6.27. The zero-order valence-corrected chi connectivity index (χ0v) is 8.46. The van der Waals surface area contributed by atoms with Gasteiger partial charge in [0.15, 0.2) is 0 Å². The highest BCUT2D eigenvalue weighted by molar-refractivity contribution is 6.62. The standard InChI is InChI=1S/C9H15ClN2O/c10-9(13)12-6-2-5-11-4-1-3-8(11)7-12/h8H,1-7H2. The molecule has 0 saturated carbocycles. The van der Waals surface area contributed by atoms with Crippen LogP contribution in [0.15, 0.2) is 0 Å². The molecule has 0 radical (unpaired) electrons. The molecule has 13 heavy (non-hydrogen) atoms. The van der Waals surface area contributed by atoms with Crippen molar-refractivity contribution in [2.24, 2.45) is 0 Å². The summed E-state index contributed by atoms with van der Waals surface area (Å²) in [6, 6.07) is 0.574. The molecule has 2 saturated heterocycles. The number of carbonyl (C=O) groups excluding carboxylic acids is 1.